The second kappa shape index (κ2) is 5.01. The number of hydrogen-bond donors (Lipinski definition) is 1. The van der Waals surface area contributed by atoms with E-state index in [0.29, 0.717) is 23.5 Å². The minimum atomic E-state index is -1.02. The maximum atomic E-state index is 13.1. The predicted octanol–water partition coefficient (Wildman–Crippen LogP) is 3.23. The van der Waals surface area contributed by atoms with Crippen LogP contribution >= 0.6 is 11.6 Å². The van der Waals surface area contributed by atoms with E-state index in [0.717, 1.165) is 0 Å². The van der Waals surface area contributed by atoms with Crippen molar-refractivity contribution in [3.05, 3.63) is 46.0 Å². The quantitative estimate of drug-likeness (QED) is 0.940. The lowest BCUT2D eigenvalue weighted by molar-refractivity contribution is 0.0695. The number of aromatic nitrogens is 2. The number of benzene rings is 1. The highest BCUT2D eigenvalue weighted by Gasteiger charge is 2.20. The molecule has 100 valence electrons. The predicted molar refractivity (Wildman–Crippen MR) is 69.6 cm³/mol. The number of aromatic carboxylic acids is 1. The highest BCUT2D eigenvalue weighted by atomic mass is 35.5. The van der Waals surface area contributed by atoms with Crippen molar-refractivity contribution < 1.29 is 14.3 Å². The first-order valence-electron chi connectivity index (χ1n) is 5.73. The highest BCUT2D eigenvalue weighted by Crippen LogP contribution is 2.22. The number of hydrogen-bond acceptors (Lipinski definition) is 2. The third-order valence-electron chi connectivity index (χ3n) is 2.89. The van der Waals surface area contributed by atoms with E-state index in [1.54, 1.807) is 6.92 Å². The summed E-state index contributed by atoms with van der Waals surface area (Å²) in [5, 5.41) is 13.4. The molecule has 0 bridgehead atoms. The van der Waals surface area contributed by atoms with Crippen LogP contribution in [0.4, 0.5) is 4.39 Å². The van der Waals surface area contributed by atoms with Gasteiger partial charge in [0.15, 0.2) is 0 Å². The van der Waals surface area contributed by atoms with E-state index >= 15 is 0 Å². The summed E-state index contributed by atoms with van der Waals surface area (Å²) in [7, 11) is 0. The van der Waals surface area contributed by atoms with Gasteiger partial charge in [-0.05, 0) is 31.5 Å². The van der Waals surface area contributed by atoms with Gasteiger partial charge in [0.05, 0.1) is 22.1 Å². The molecule has 1 aromatic heterocycles. The third-order valence-corrected chi connectivity index (χ3v) is 3.17. The Hall–Kier alpha value is -1.88. The molecule has 4 nitrogen and oxygen atoms in total. The molecule has 19 heavy (non-hydrogen) atoms. The summed E-state index contributed by atoms with van der Waals surface area (Å²) in [4.78, 5) is 11.2. The van der Waals surface area contributed by atoms with Crippen molar-refractivity contribution in [3.63, 3.8) is 0 Å². The molecule has 0 saturated heterocycles. The monoisotopic (exact) mass is 282 g/mol. The van der Waals surface area contributed by atoms with E-state index in [2.05, 4.69) is 5.10 Å². The lowest BCUT2D eigenvalue weighted by atomic mass is 10.1. The summed E-state index contributed by atoms with van der Waals surface area (Å²) in [5.41, 5.74) is 1.70. The molecule has 0 unspecified atom stereocenters. The van der Waals surface area contributed by atoms with Gasteiger partial charge in [-0.3, -0.25) is 0 Å². The number of carboxylic acid groups (broad SMARTS) is 1. The summed E-state index contributed by atoms with van der Waals surface area (Å²) in [6.07, 6.45) is 0.504. The van der Waals surface area contributed by atoms with Crippen LogP contribution < -0.4 is 0 Å². The molecule has 0 aliphatic carbocycles. The van der Waals surface area contributed by atoms with Gasteiger partial charge in [-0.2, -0.15) is 5.10 Å². The largest absolute Gasteiger partial charge is 0.478 e. The number of aryl methyl sites for hydroxylation is 1. The number of carbonyl (C=O) groups is 1. The Morgan fingerprint density at radius 1 is 1.53 bits per heavy atom. The van der Waals surface area contributed by atoms with Gasteiger partial charge in [-0.25, -0.2) is 13.9 Å². The fourth-order valence-electron chi connectivity index (χ4n) is 1.95. The van der Waals surface area contributed by atoms with Crippen LogP contribution in [-0.2, 0) is 6.42 Å². The molecule has 2 aromatic rings. The van der Waals surface area contributed by atoms with Gasteiger partial charge < -0.3 is 5.11 Å². The van der Waals surface area contributed by atoms with Gasteiger partial charge in [0.25, 0.3) is 0 Å². The zero-order chi connectivity index (χ0) is 14.2. The maximum absolute atomic E-state index is 13.1. The van der Waals surface area contributed by atoms with Crippen molar-refractivity contribution in [3.8, 4) is 5.69 Å². The Balaban J connectivity index is 2.62. The zero-order valence-corrected chi connectivity index (χ0v) is 11.2. The van der Waals surface area contributed by atoms with Crippen LogP contribution in [0.5, 0.6) is 0 Å². The Bertz CT molecular complexity index is 652. The van der Waals surface area contributed by atoms with Crippen molar-refractivity contribution in [1.82, 2.24) is 9.78 Å². The molecule has 0 spiro atoms. The third kappa shape index (κ3) is 2.33. The number of nitrogens with zero attached hydrogens (tertiary/aromatic N) is 2. The molecule has 0 aliphatic rings. The Labute approximate surface area is 114 Å². The summed E-state index contributed by atoms with van der Waals surface area (Å²) in [6, 6.07) is 4.15. The molecular formula is C13H12ClFN2O2. The first-order valence-corrected chi connectivity index (χ1v) is 6.10. The summed E-state index contributed by atoms with van der Waals surface area (Å²) in [6.45, 7) is 3.49. The van der Waals surface area contributed by atoms with E-state index < -0.39 is 11.8 Å². The normalized spacial score (nSPS) is 10.7. The first-order chi connectivity index (χ1) is 8.95. The van der Waals surface area contributed by atoms with Gasteiger partial charge in [0.1, 0.15) is 11.4 Å². The number of halogens is 2. The van der Waals surface area contributed by atoms with E-state index in [1.807, 2.05) is 6.92 Å². The van der Waals surface area contributed by atoms with Gasteiger partial charge in [0.2, 0.25) is 0 Å². The summed E-state index contributed by atoms with van der Waals surface area (Å²) in [5.74, 6) is -1.54. The fourth-order valence-corrected chi connectivity index (χ4v) is 2.13. The van der Waals surface area contributed by atoms with Gasteiger partial charge >= 0.3 is 5.97 Å². The maximum Gasteiger partial charge on any atom is 0.339 e. The molecule has 0 amide bonds. The van der Waals surface area contributed by atoms with Crippen molar-refractivity contribution in [1.29, 1.82) is 0 Å². The molecule has 1 N–H and O–H groups in total. The molecule has 2 rings (SSSR count). The average Bonchev–Trinajstić information content (AvgIpc) is 2.70. The standard InChI is InChI=1S/C13H12ClFN2O2/c1-3-11-12(13(18)19)7(2)17(16-11)8-4-5-10(15)9(14)6-8/h4-6H,3H2,1-2H3,(H,18,19). The van der Waals surface area contributed by atoms with Crippen molar-refractivity contribution in [2.75, 3.05) is 0 Å². The van der Waals surface area contributed by atoms with Gasteiger partial charge in [-0.1, -0.05) is 18.5 Å². The summed E-state index contributed by atoms with van der Waals surface area (Å²) >= 11 is 5.73. The van der Waals surface area contributed by atoms with Gasteiger partial charge in [0, 0.05) is 0 Å². The summed E-state index contributed by atoms with van der Waals surface area (Å²) < 4.78 is 14.6. The van der Waals surface area contributed by atoms with Crippen LogP contribution in [0.1, 0.15) is 28.7 Å². The number of rotatable bonds is 3. The van der Waals surface area contributed by atoms with Crippen LogP contribution in [-0.4, -0.2) is 20.9 Å². The van der Waals surface area contributed by atoms with Crippen LogP contribution in [0.3, 0.4) is 0 Å². The Morgan fingerprint density at radius 3 is 2.68 bits per heavy atom. The molecule has 0 atom stereocenters. The average molecular weight is 283 g/mol. The molecule has 0 fully saturated rings. The molecule has 6 heteroatoms. The van der Waals surface area contributed by atoms with E-state index in [1.165, 1.54) is 22.9 Å². The molecule has 0 saturated carbocycles. The second-order valence-corrected chi connectivity index (χ2v) is 4.48. The van der Waals surface area contributed by atoms with Crippen molar-refractivity contribution in [2.45, 2.75) is 20.3 Å². The topological polar surface area (TPSA) is 55.1 Å². The smallest absolute Gasteiger partial charge is 0.339 e. The highest BCUT2D eigenvalue weighted by molar-refractivity contribution is 6.30. The van der Waals surface area contributed by atoms with Crippen molar-refractivity contribution >= 4 is 17.6 Å². The molecule has 0 aliphatic heterocycles. The van der Waals surface area contributed by atoms with E-state index in [9.17, 15) is 14.3 Å². The minimum absolute atomic E-state index is 0.0256. The molecular weight excluding hydrogens is 271 g/mol. The Morgan fingerprint density at radius 2 is 2.21 bits per heavy atom. The van der Waals surface area contributed by atoms with E-state index in [4.69, 9.17) is 11.6 Å². The first kappa shape index (κ1) is 13.5. The van der Waals surface area contributed by atoms with Crippen LogP contribution in [0.2, 0.25) is 5.02 Å². The second-order valence-electron chi connectivity index (χ2n) is 4.08. The lowest BCUT2D eigenvalue weighted by Crippen LogP contribution is -2.03. The Kier molecular flexibility index (Phi) is 3.57. The minimum Gasteiger partial charge on any atom is -0.478 e. The van der Waals surface area contributed by atoms with E-state index in [-0.39, 0.29) is 10.6 Å². The SMILES string of the molecule is CCc1nn(-c2ccc(F)c(Cl)c2)c(C)c1C(=O)O. The van der Waals surface area contributed by atoms with Crippen LogP contribution in [0.15, 0.2) is 18.2 Å². The molecule has 1 heterocycles. The molecule has 1 aromatic carbocycles. The molecule has 0 radical (unpaired) electrons. The zero-order valence-electron chi connectivity index (χ0n) is 10.4. The van der Waals surface area contributed by atoms with Crippen molar-refractivity contribution in [2.24, 2.45) is 0 Å². The van der Waals surface area contributed by atoms with Crippen LogP contribution in [0, 0.1) is 12.7 Å². The van der Waals surface area contributed by atoms with Gasteiger partial charge in [-0.15, -0.1) is 0 Å². The lowest BCUT2D eigenvalue weighted by Gasteiger charge is -2.05. The number of carboxylic acids is 1. The van der Waals surface area contributed by atoms with Crippen LogP contribution in [0.25, 0.3) is 5.69 Å². The fraction of sp³-hybridized carbons (Fsp3) is 0.231.